The molecule has 0 saturated carbocycles. The van der Waals surface area contributed by atoms with E-state index in [4.69, 9.17) is 28.0 Å². The van der Waals surface area contributed by atoms with E-state index in [0.29, 0.717) is 5.56 Å². The van der Waals surface area contributed by atoms with E-state index in [1.165, 1.54) is 24.4 Å². The van der Waals surface area contributed by atoms with Crippen LogP contribution in [0.5, 0.6) is 0 Å². The number of aromatic nitrogens is 1. The van der Waals surface area contributed by atoms with E-state index in [1.807, 2.05) is 6.07 Å². The van der Waals surface area contributed by atoms with Gasteiger partial charge in [0.2, 0.25) is 0 Å². The first-order chi connectivity index (χ1) is 13.2. The van der Waals surface area contributed by atoms with Gasteiger partial charge in [0.05, 0.1) is 32.5 Å². The van der Waals surface area contributed by atoms with Crippen molar-refractivity contribution in [3.05, 3.63) is 63.9 Å². The van der Waals surface area contributed by atoms with Crippen molar-refractivity contribution in [1.82, 2.24) is 4.98 Å². The Morgan fingerprint density at radius 1 is 1.39 bits per heavy atom. The van der Waals surface area contributed by atoms with Crippen LogP contribution in [0, 0.1) is 23.7 Å². The molecule has 2 rings (SSSR count). The van der Waals surface area contributed by atoms with Crippen molar-refractivity contribution in [2.75, 3.05) is 10.6 Å². The average Bonchev–Trinajstić information content (AvgIpc) is 2.63. The lowest BCUT2D eigenvalue weighted by Gasteiger charge is -2.15. The lowest BCUT2D eigenvalue weighted by molar-refractivity contribution is -0.112. The lowest BCUT2D eigenvalue weighted by atomic mass is 10.0. The van der Waals surface area contributed by atoms with E-state index >= 15 is 0 Å². The third-order valence-corrected chi connectivity index (χ3v) is 4.03. The maximum absolute atomic E-state index is 12.8. The average molecular weight is 462 g/mol. The van der Waals surface area contributed by atoms with Crippen LogP contribution in [0.25, 0.3) is 0 Å². The fraction of sp³-hybridized carbons (Fsp3) is 0.0556. The second-order valence-corrected chi connectivity index (χ2v) is 6.77. The Balaban J connectivity index is 2.42. The number of pyridine rings is 1. The topological polar surface area (TPSA) is 145 Å². The molecular formula is C18H14BrClN6O2. The largest absolute Gasteiger partial charge is 0.366 e. The second kappa shape index (κ2) is 9.12. The lowest BCUT2D eigenvalue weighted by Crippen LogP contribution is -2.24. The van der Waals surface area contributed by atoms with Gasteiger partial charge in [0.25, 0.3) is 11.8 Å². The van der Waals surface area contributed by atoms with E-state index in [2.05, 4.69) is 31.5 Å². The molecule has 0 spiro atoms. The van der Waals surface area contributed by atoms with Gasteiger partial charge in [-0.1, -0.05) is 11.6 Å². The normalized spacial score (nSPS) is 10.7. The number of allylic oxidation sites excluding steroid dienone is 1. The molecule has 2 amide bonds. The first kappa shape index (κ1) is 21.1. The Hall–Kier alpha value is -3.22. The molecule has 0 saturated heterocycles. The third kappa shape index (κ3) is 5.16. The number of nitrogens with one attached hydrogen (secondary N) is 3. The molecule has 8 nitrogen and oxygen atoms in total. The van der Waals surface area contributed by atoms with Crippen LogP contribution < -0.4 is 16.4 Å². The van der Waals surface area contributed by atoms with Gasteiger partial charge >= 0.3 is 0 Å². The van der Waals surface area contributed by atoms with Crippen LogP contribution in [0.4, 0.5) is 11.5 Å². The summed E-state index contributed by atoms with van der Waals surface area (Å²) in [6, 6.07) is 7.95. The van der Waals surface area contributed by atoms with Gasteiger partial charge in [-0.15, -0.1) is 0 Å². The SMILES string of the molecule is Cc1cc(C#N)cc(C(N)=O)c1NC(=O)/C(=C/C(=N)Br)Nc1ncccc1Cl. The Labute approximate surface area is 174 Å². The first-order valence-electron chi connectivity index (χ1n) is 7.72. The molecule has 0 bridgehead atoms. The van der Waals surface area contributed by atoms with E-state index in [-0.39, 0.29) is 38.0 Å². The highest BCUT2D eigenvalue weighted by Gasteiger charge is 2.19. The Bertz CT molecular complexity index is 1040. The minimum atomic E-state index is -0.796. The summed E-state index contributed by atoms with van der Waals surface area (Å²) in [6.45, 7) is 1.63. The maximum Gasteiger partial charge on any atom is 0.272 e. The van der Waals surface area contributed by atoms with Crippen LogP contribution in [-0.4, -0.2) is 21.4 Å². The van der Waals surface area contributed by atoms with Gasteiger partial charge in [-0.3, -0.25) is 15.0 Å². The molecule has 0 aliphatic carbocycles. The summed E-state index contributed by atoms with van der Waals surface area (Å²) in [5.74, 6) is -1.25. The van der Waals surface area contributed by atoms with Crippen LogP contribution >= 0.6 is 27.5 Å². The summed E-state index contributed by atoms with van der Waals surface area (Å²) in [7, 11) is 0. The maximum atomic E-state index is 12.8. The number of hydrogen-bond donors (Lipinski definition) is 4. The van der Waals surface area contributed by atoms with Gasteiger partial charge in [0.1, 0.15) is 11.5 Å². The molecular weight excluding hydrogens is 448 g/mol. The molecule has 28 heavy (non-hydrogen) atoms. The molecule has 0 fully saturated rings. The first-order valence-corrected chi connectivity index (χ1v) is 8.89. The Morgan fingerprint density at radius 3 is 2.68 bits per heavy atom. The number of amides is 2. The predicted molar refractivity (Wildman–Crippen MR) is 111 cm³/mol. The molecule has 0 radical (unpaired) electrons. The van der Waals surface area contributed by atoms with Gasteiger partial charge in [-0.05, 0) is 58.8 Å². The second-order valence-electron chi connectivity index (χ2n) is 5.51. The third-order valence-electron chi connectivity index (χ3n) is 3.50. The number of nitrogens with zero attached hydrogens (tertiary/aromatic N) is 2. The molecule has 1 heterocycles. The van der Waals surface area contributed by atoms with Crippen molar-refractivity contribution in [1.29, 1.82) is 10.7 Å². The molecule has 1 aromatic carbocycles. The predicted octanol–water partition coefficient (Wildman–Crippen LogP) is 3.32. The smallest absolute Gasteiger partial charge is 0.272 e. The fourth-order valence-corrected chi connectivity index (χ4v) is 2.68. The zero-order valence-corrected chi connectivity index (χ0v) is 16.9. The number of rotatable bonds is 6. The molecule has 0 aliphatic rings. The zero-order chi connectivity index (χ0) is 20.8. The molecule has 0 unspecified atom stereocenters. The van der Waals surface area contributed by atoms with Crippen molar-refractivity contribution in [2.45, 2.75) is 6.92 Å². The van der Waals surface area contributed by atoms with Crippen molar-refractivity contribution < 1.29 is 9.59 Å². The van der Waals surface area contributed by atoms with Crippen molar-refractivity contribution >= 4 is 55.5 Å². The van der Waals surface area contributed by atoms with Crippen molar-refractivity contribution in [2.24, 2.45) is 5.73 Å². The number of nitriles is 1. The van der Waals surface area contributed by atoms with Crippen molar-refractivity contribution in [3.8, 4) is 6.07 Å². The standard InChI is InChI=1S/C18H14BrClN6O2/c1-9-5-10(8-21)6-11(16(23)27)15(9)26-18(28)13(7-14(19)22)25-17-12(20)3-2-4-24-17/h2-7,22H,1H3,(H2,23,27)(H,24,25)(H,26,28)/b13-7-,22-14?. The zero-order valence-electron chi connectivity index (χ0n) is 14.5. The quantitative estimate of drug-likeness (QED) is 0.385. The number of primary amides is 1. The summed E-state index contributed by atoms with van der Waals surface area (Å²) in [6.07, 6.45) is 2.70. The van der Waals surface area contributed by atoms with Gasteiger partial charge in [-0.25, -0.2) is 4.98 Å². The number of nitrogens with two attached hydrogens (primary N) is 1. The highest BCUT2D eigenvalue weighted by molar-refractivity contribution is 9.18. The van der Waals surface area contributed by atoms with E-state index in [1.54, 1.807) is 19.1 Å². The molecule has 5 N–H and O–H groups in total. The number of carbonyl (C=O) groups is 2. The minimum absolute atomic E-state index is 0.00552. The van der Waals surface area contributed by atoms with Gasteiger partial charge < -0.3 is 16.4 Å². The molecule has 10 heteroatoms. The summed E-state index contributed by atoms with van der Waals surface area (Å²) in [5.41, 5.74) is 6.20. The number of carbonyl (C=O) groups excluding carboxylic acids is 2. The van der Waals surface area contributed by atoms with Crippen LogP contribution in [-0.2, 0) is 4.79 Å². The molecule has 1 aromatic heterocycles. The highest BCUT2D eigenvalue weighted by Crippen LogP contribution is 2.24. The van der Waals surface area contributed by atoms with E-state index in [9.17, 15) is 9.59 Å². The number of benzene rings is 1. The van der Waals surface area contributed by atoms with Crippen LogP contribution in [0.1, 0.15) is 21.5 Å². The van der Waals surface area contributed by atoms with Gasteiger partial charge in [0, 0.05) is 6.20 Å². The highest BCUT2D eigenvalue weighted by atomic mass is 79.9. The van der Waals surface area contributed by atoms with Crippen LogP contribution in [0.2, 0.25) is 5.02 Å². The monoisotopic (exact) mass is 460 g/mol. The number of hydrogen-bond acceptors (Lipinski definition) is 6. The summed E-state index contributed by atoms with van der Waals surface area (Å²) in [4.78, 5) is 28.6. The van der Waals surface area contributed by atoms with E-state index in [0.717, 1.165) is 0 Å². The van der Waals surface area contributed by atoms with Gasteiger partial charge in [-0.2, -0.15) is 5.26 Å². The minimum Gasteiger partial charge on any atom is -0.366 e. The van der Waals surface area contributed by atoms with Gasteiger partial charge in [0.15, 0.2) is 0 Å². The fourth-order valence-electron chi connectivity index (χ4n) is 2.28. The summed E-state index contributed by atoms with van der Waals surface area (Å²) < 4.78 is -0.0797. The molecule has 2 aromatic rings. The number of anilines is 2. The number of halogens is 2. The van der Waals surface area contributed by atoms with Crippen LogP contribution in [0.15, 0.2) is 42.2 Å². The molecule has 0 aliphatic heterocycles. The molecule has 0 atom stereocenters. The number of aryl methyl sites for hydroxylation is 1. The molecule has 142 valence electrons. The summed E-state index contributed by atoms with van der Waals surface area (Å²) >= 11 is 9.01. The van der Waals surface area contributed by atoms with Crippen molar-refractivity contribution in [3.63, 3.8) is 0 Å². The Morgan fingerprint density at radius 2 is 2.11 bits per heavy atom. The van der Waals surface area contributed by atoms with E-state index < -0.39 is 11.8 Å². The summed E-state index contributed by atoms with van der Waals surface area (Å²) in [5, 5.41) is 22.3. The van der Waals surface area contributed by atoms with Crippen LogP contribution in [0.3, 0.4) is 0 Å². The Kier molecular flexibility index (Phi) is 6.87.